The molecule has 0 aliphatic heterocycles. The van der Waals surface area contributed by atoms with Crippen molar-refractivity contribution < 1.29 is 0 Å². The van der Waals surface area contributed by atoms with Crippen LogP contribution in [0.4, 0.5) is 0 Å². The van der Waals surface area contributed by atoms with Crippen LogP contribution in [-0.2, 0) is 6.42 Å². The third-order valence-electron chi connectivity index (χ3n) is 3.88. The van der Waals surface area contributed by atoms with E-state index in [9.17, 15) is 0 Å². The molecule has 2 aromatic heterocycles. The normalized spacial score (nSPS) is 10.4. The first kappa shape index (κ1) is 17.8. The fourth-order valence-corrected chi connectivity index (χ4v) is 3.27. The van der Waals surface area contributed by atoms with E-state index >= 15 is 0 Å². The molecule has 0 atom stereocenters. The predicted octanol–water partition coefficient (Wildman–Crippen LogP) is 6.02. The first-order chi connectivity index (χ1) is 10.7. The number of halogens is 1. The average Bonchev–Trinajstić information content (AvgIpc) is 3.01. The number of aromatic nitrogens is 2. The maximum atomic E-state index is 4.81. The summed E-state index contributed by atoms with van der Waals surface area (Å²) in [6.45, 7) is 6.46. The second-order valence-corrected chi connectivity index (χ2v) is 6.48. The zero-order valence-electron chi connectivity index (χ0n) is 13.7. The Morgan fingerprint density at radius 1 is 1.00 bits per heavy atom. The number of benzene rings is 1. The molecule has 2 heterocycles. The van der Waals surface area contributed by atoms with E-state index in [0.29, 0.717) is 0 Å². The second-order valence-electron chi connectivity index (χ2n) is 5.62. The number of nitrogens with zero attached hydrogens (tertiary/aromatic N) is 2. The highest BCUT2D eigenvalue weighted by Gasteiger charge is 2.08. The highest BCUT2D eigenvalue weighted by atomic mass is 79.9. The third-order valence-corrected chi connectivity index (χ3v) is 4.77. The van der Waals surface area contributed by atoms with Crippen LogP contribution in [-0.4, -0.2) is 9.97 Å². The van der Waals surface area contributed by atoms with Gasteiger partial charge < -0.3 is 0 Å². The van der Waals surface area contributed by atoms with Crippen LogP contribution < -0.4 is 0 Å². The largest absolute Gasteiger partial charge is 0.261 e. The van der Waals surface area contributed by atoms with Gasteiger partial charge in [0, 0.05) is 28.4 Å². The van der Waals surface area contributed by atoms with E-state index in [1.807, 2.05) is 12.3 Å². The number of thiazole rings is 1. The second kappa shape index (κ2) is 7.84. The lowest BCUT2D eigenvalue weighted by molar-refractivity contribution is 0.883. The lowest BCUT2D eigenvalue weighted by atomic mass is 10.1. The highest BCUT2D eigenvalue weighted by molar-refractivity contribution is 8.93. The van der Waals surface area contributed by atoms with E-state index in [-0.39, 0.29) is 17.0 Å². The summed E-state index contributed by atoms with van der Waals surface area (Å²) in [5.41, 5.74) is 7.17. The van der Waals surface area contributed by atoms with E-state index < -0.39 is 0 Å². The number of hydrogen-bond acceptors (Lipinski definition) is 3. The van der Waals surface area contributed by atoms with Crippen molar-refractivity contribution in [1.82, 2.24) is 9.97 Å². The maximum absolute atomic E-state index is 4.81. The molecule has 0 spiro atoms. The Kier molecular flexibility index (Phi) is 6.08. The van der Waals surface area contributed by atoms with Crippen molar-refractivity contribution in [3.63, 3.8) is 0 Å². The SMILES string of the molecule is Br.CCCc1cc(-c2nc(-c3ccc(C)c(C)c3)cs2)ccn1. The van der Waals surface area contributed by atoms with Gasteiger partial charge in [0.25, 0.3) is 0 Å². The van der Waals surface area contributed by atoms with Crippen molar-refractivity contribution in [3.8, 4) is 21.8 Å². The van der Waals surface area contributed by atoms with E-state index in [2.05, 4.69) is 55.4 Å². The van der Waals surface area contributed by atoms with E-state index in [1.54, 1.807) is 11.3 Å². The molecule has 0 aliphatic carbocycles. The molecule has 0 unspecified atom stereocenters. The molecule has 0 saturated carbocycles. The van der Waals surface area contributed by atoms with Gasteiger partial charge in [-0.1, -0.05) is 25.5 Å². The minimum atomic E-state index is 0. The predicted molar refractivity (Wildman–Crippen MR) is 105 cm³/mol. The Morgan fingerprint density at radius 3 is 2.57 bits per heavy atom. The summed E-state index contributed by atoms with van der Waals surface area (Å²) in [6.07, 6.45) is 4.02. The molecule has 0 amide bonds. The smallest absolute Gasteiger partial charge is 0.124 e. The van der Waals surface area contributed by atoms with Crippen molar-refractivity contribution in [1.29, 1.82) is 0 Å². The monoisotopic (exact) mass is 388 g/mol. The van der Waals surface area contributed by atoms with Gasteiger partial charge >= 0.3 is 0 Å². The summed E-state index contributed by atoms with van der Waals surface area (Å²) < 4.78 is 0. The van der Waals surface area contributed by atoms with Crippen LogP contribution in [0, 0.1) is 13.8 Å². The lowest BCUT2D eigenvalue weighted by Gasteiger charge is -2.03. The molecular weight excluding hydrogens is 368 g/mol. The van der Waals surface area contributed by atoms with Crippen molar-refractivity contribution >= 4 is 28.3 Å². The maximum Gasteiger partial charge on any atom is 0.124 e. The fraction of sp³-hybridized carbons (Fsp3) is 0.263. The summed E-state index contributed by atoms with van der Waals surface area (Å²) in [4.78, 5) is 9.23. The first-order valence-corrected chi connectivity index (χ1v) is 8.54. The Balaban J connectivity index is 0.00000192. The Bertz CT molecular complexity index is 796. The van der Waals surface area contributed by atoms with Crippen LogP contribution in [0.15, 0.2) is 41.9 Å². The van der Waals surface area contributed by atoms with E-state index in [4.69, 9.17) is 4.98 Å². The molecule has 0 bridgehead atoms. The van der Waals surface area contributed by atoms with Gasteiger partial charge in [0.1, 0.15) is 5.01 Å². The minimum absolute atomic E-state index is 0. The lowest BCUT2D eigenvalue weighted by Crippen LogP contribution is -1.89. The quantitative estimate of drug-likeness (QED) is 0.545. The summed E-state index contributed by atoms with van der Waals surface area (Å²) in [6, 6.07) is 10.7. The molecule has 0 radical (unpaired) electrons. The van der Waals surface area contributed by atoms with Crippen molar-refractivity contribution in [2.45, 2.75) is 33.6 Å². The van der Waals surface area contributed by atoms with Gasteiger partial charge in [-0.15, -0.1) is 28.3 Å². The van der Waals surface area contributed by atoms with Crippen LogP contribution in [0.2, 0.25) is 0 Å². The van der Waals surface area contributed by atoms with Crippen LogP contribution >= 0.6 is 28.3 Å². The molecule has 0 aliphatic rings. The molecular formula is C19H21BrN2S. The summed E-state index contributed by atoms with van der Waals surface area (Å²) >= 11 is 1.70. The van der Waals surface area contributed by atoms with Gasteiger partial charge in [0.05, 0.1) is 5.69 Å². The van der Waals surface area contributed by atoms with Gasteiger partial charge in [-0.2, -0.15) is 0 Å². The molecule has 23 heavy (non-hydrogen) atoms. The molecule has 120 valence electrons. The molecule has 3 aromatic rings. The standard InChI is InChI=1S/C19H20N2S.BrH/c1-4-5-17-11-16(8-9-20-17)19-21-18(12-22-19)15-7-6-13(2)14(3)10-15;/h6-12H,4-5H2,1-3H3;1H. The van der Waals surface area contributed by atoms with Crippen LogP contribution in [0.3, 0.4) is 0 Å². The number of hydrogen-bond donors (Lipinski definition) is 0. The van der Waals surface area contributed by atoms with Crippen LogP contribution in [0.1, 0.15) is 30.2 Å². The minimum Gasteiger partial charge on any atom is -0.261 e. The third kappa shape index (κ3) is 4.06. The Hall–Kier alpha value is -1.52. The number of pyridine rings is 1. The summed E-state index contributed by atoms with van der Waals surface area (Å²) in [7, 11) is 0. The Labute approximate surface area is 152 Å². The van der Waals surface area contributed by atoms with Gasteiger partial charge in [0.2, 0.25) is 0 Å². The summed E-state index contributed by atoms with van der Waals surface area (Å²) in [5.74, 6) is 0. The molecule has 1 aromatic carbocycles. The summed E-state index contributed by atoms with van der Waals surface area (Å²) in [5, 5.41) is 3.20. The average molecular weight is 389 g/mol. The molecule has 3 rings (SSSR count). The van der Waals surface area contributed by atoms with E-state index in [1.165, 1.54) is 22.3 Å². The van der Waals surface area contributed by atoms with Crippen molar-refractivity contribution in [2.75, 3.05) is 0 Å². The zero-order chi connectivity index (χ0) is 15.5. The van der Waals surface area contributed by atoms with Gasteiger partial charge in [0.15, 0.2) is 0 Å². The first-order valence-electron chi connectivity index (χ1n) is 7.66. The highest BCUT2D eigenvalue weighted by Crippen LogP contribution is 2.29. The number of aryl methyl sites for hydroxylation is 3. The zero-order valence-corrected chi connectivity index (χ0v) is 16.2. The number of rotatable bonds is 4. The topological polar surface area (TPSA) is 25.8 Å². The Morgan fingerprint density at radius 2 is 1.83 bits per heavy atom. The molecule has 2 nitrogen and oxygen atoms in total. The van der Waals surface area contributed by atoms with E-state index in [0.717, 1.165) is 29.2 Å². The van der Waals surface area contributed by atoms with Crippen LogP contribution in [0.5, 0.6) is 0 Å². The fourth-order valence-electron chi connectivity index (χ4n) is 2.44. The molecule has 4 heteroatoms. The molecule has 0 fully saturated rings. The van der Waals surface area contributed by atoms with Gasteiger partial charge in [-0.3, -0.25) is 4.98 Å². The molecule has 0 saturated heterocycles. The molecule has 0 N–H and O–H groups in total. The van der Waals surface area contributed by atoms with Crippen molar-refractivity contribution in [2.24, 2.45) is 0 Å². The van der Waals surface area contributed by atoms with Gasteiger partial charge in [-0.25, -0.2) is 4.98 Å². The van der Waals surface area contributed by atoms with Gasteiger partial charge in [-0.05, 0) is 49.6 Å². The van der Waals surface area contributed by atoms with Crippen LogP contribution in [0.25, 0.3) is 21.8 Å². The van der Waals surface area contributed by atoms with Crippen molar-refractivity contribution in [3.05, 3.63) is 58.7 Å².